The summed E-state index contributed by atoms with van der Waals surface area (Å²) < 4.78 is 7.94. The van der Waals surface area contributed by atoms with Crippen LogP contribution < -0.4 is 4.74 Å². The number of rotatable bonds is 5. The van der Waals surface area contributed by atoms with Gasteiger partial charge in [-0.3, -0.25) is 4.79 Å². The normalized spacial score (nSPS) is 11.0. The van der Waals surface area contributed by atoms with Crippen molar-refractivity contribution < 1.29 is 19.7 Å². The molecule has 2 rings (SSSR count). The van der Waals surface area contributed by atoms with E-state index in [0.29, 0.717) is 12.3 Å². The summed E-state index contributed by atoms with van der Waals surface area (Å²) in [6.07, 6.45) is -0.0630. The van der Waals surface area contributed by atoms with Gasteiger partial charge in [0.25, 0.3) is 0 Å². The number of halogens is 1. The van der Waals surface area contributed by atoms with E-state index in [-0.39, 0.29) is 13.0 Å². The molecule has 0 saturated carbocycles. The second kappa shape index (κ2) is 5.85. The second-order valence-electron chi connectivity index (χ2n) is 4.49. The lowest BCUT2D eigenvalue weighted by atomic mass is 10.1. The monoisotopic (exact) mass is 341 g/mol. The number of fused-ring (bicyclic) bond motifs is 1. The number of methoxy groups -OCH3 is 1. The lowest BCUT2D eigenvalue weighted by molar-refractivity contribution is -0.136. The topological polar surface area (TPSA) is 71.7 Å². The maximum Gasteiger partial charge on any atom is 0.307 e. The van der Waals surface area contributed by atoms with Crippen LogP contribution in [0.2, 0.25) is 0 Å². The van der Waals surface area contributed by atoms with E-state index in [2.05, 4.69) is 15.9 Å². The van der Waals surface area contributed by atoms with Crippen LogP contribution in [-0.4, -0.2) is 34.5 Å². The molecule has 0 aliphatic heterocycles. The number of carbonyl (C=O) groups is 1. The molecule has 2 N–H and O–H groups in total. The summed E-state index contributed by atoms with van der Waals surface area (Å²) in [5, 5.41) is 19.1. The van der Waals surface area contributed by atoms with Crippen LogP contribution in [0.15, 0.2) is 16.6 Å². The highest BCUT2D eigenvalue weighted by Gasteiger charge is 2.20. The SMILES string of the molecule is COc1ccc2c(c1Br)c(CC(=O)O)c(C)n2CCO. The van der Waals surface area contributed by atoms with Gasteiger partial charge in [0.05, 0.1) is 24.6 Å². The number of carboxylic acids is 1. The highest BCUT2D eigenvalue weighted by Crippen LogP contribution is 2.38. The van der Waals surface area contributed by atoms with Crippen LogP contribution in [0, 0.1) is 6.92 Å². The first-order valence-electron chi connectivity index (χ1n) is 6.18. The summed E-state index contributed by atoms with van der Waals surface area (Å²) in [6, 6.07) is 3.71. The van der Waals surface area contributed by atoms with E-state index in [1.807, 2.05) is 23.6 Å². The molecule has 0 bridgehead atoms. The lowest BCUT2D eigenvalue weighted by Gasteiger charge is -2.07. The van der Waals surface area contributed by atoms with Crippen molar-refractivity contribution in [1.29, 1.82) is 0 Å². The van der Waals surface area contributed by atoms with Crippen molar-refractivity contribution in [3.63, 3.8) is 0 Å². The van der Waals surface area contributed by atoms with Gasteiger partial charge in [-0.2, -0.15) is 0 Å². The highest BCUT2D eigenvalue weighted by atomic mass is 79.9. The van der Waals surface area contributed by atoms with Gasteiger partial charge in [-0.1, -0.05) is 0 Å². The molecule has 1 heterocycles. The first kappa shape index (κ1) is 14.9. The van der Waals surface area contributed by atoms with Gasteiger partial charge < -0.3 is 19.5 Å². The van der Waals surface area contributed by atoms with Crippen molar-refractivity contribution >= 4 is 32.8 Å². The molecular weight excluding hydrogens is 326 g/mol. The second-order valence-corrected chi connectivity index (χ2v) is 5.28. The Bertz CT molecular complexity index is 663. The summed E-state index contributed by atoms with van der Waals surface area (Å²) in [6.45, 7) is 2.30. The third-order valence-corrected chi connectivity index (χ3v) is 4.18. The quantitative estimate of drug-likeness (QED) is 0.875. The number of hydrogen-bond acceptors (Lipinski definition) is 3. The van der Waals surface area contributed by atoms with Gasteiger partial charge in [0.2, 0.25) is 0 Å². The van der Waals surface area contributed by atoms with Gasteiger partial charge in [0.1, 0.15) is 5.75 Å². The number of hydrogen-bond donors (Lipinski definition) is 2. The Labute approximate surface area is 124 Å². The first-order valence-corrected chi connectivity index (χ1v) is 6.97. The van der Waals surface area contributed by atoms with Crippen molar-refractivity contribution in [3.8, 4) is 5.75 Å². The molecule has 0 aliphatic rings. The average Bonchev–Trinajstić information content (AvgIpc) is 2.65. The minimum atomic E-state index is -0.883. The molecule has 108 valence electrons. The fourth-order valence-electron chi connectivity index (χ4n) is 2.50. The van der Waals surface area contributed by atoms with Gasteiger partial charge in [0.15, 0.2) is 0 Å². The molecule has 1 aromatic heterocycles. The molecule has 0 radical (unpaired) electrons. The van der Waals surface area contributed by atoms with E-state index < -0.39 is 5.97 Å². The number of aromatic nitrogens is 1. The number of nitrogens with zero attached hydrogens (tertiary/aromatic N) is 1. The number of benzene rings is 1. The van der Waals surface area contributed by atoms with Crippen LogP contribution in [0.1, 0.15) is 11.3 Å². The van der Waals surface area contributed by atoms with Gasteiger partial charge in [0, 0.05) is 23.1 Å². The Balaban J connectivity index is 2.79. The molecule has 0 saturated heterocycles. The minimum Gasteiger partial charge on any atom is -0.496 e. The molecule has 2 aromatic rings. The minimum absolute atomic E-state index is 0.000773. The van der Waals surface area contributed by atoms with E-state index in [0.717, 1.165) is 26.6 Å². The van der Waals surface area contributed by atoms with Crippen molar-refractivity contribution in [1.82, 2.24) is 4.57 Å². The summed E-state index contributed by atoms with van der Waals surface area (Å²) in [4.78, 5) is 11.1. The molecule has 0 spiro atoms. The van der Waals surface area contributed by atoms with Crippen LogP contribution >= 0.6 is 15.9 Å². The van der Waals surface area contributed by atoms with Crippen molar-refractivity contribution in [2.75, 3.05) is 13.7 Å². The summed E-state index contributed by atoms with van der Waals surface area (Å²) in [5.41, 5.74) is 2.48. The Morgan fingerprint density at radius 3 is 2.70 bits per heavy atom. The third kappa shape index (κ3) is 2.41. The summed E-state index contributed by atoms with van der Waals surface area (Å²) >= 11 is 3.49. The van der Waals surface area contributed by atoms with Crippen LogP contribution in [0.5, 0.6) is 5.75 Å². The Hall–Kier alpha value is -1.53. The van der Waals surface area contributed by atoms with Crippen molar-refractivity contribution in [2.24, 2.45) is 0 Å². The molecule has 0 aliphatic carbocycles. The molecule has 0 atom stereocenters. The van der Waals surface area contributed by atoms with E-state index in [1.54, 1.807) is 7.11 Å². The maximum atomic E-state index is 11.1. The van der Waals surface area contributed by atoms with Crippen molar-refractivity contribution in [3.05, 3.63) is 27.9 Å². The standard InChI is InChI=1S/C14H16BrNO4/c1-8-9(7-12(18)19)13-10(16(8)5-6-17)3-4-11(20-2)14(13)15/h3-4,17H,5-7H2,1-2H3,(H,18,19). The first-order chi connectivity index (χ1) is 9.51. The highest BCUT2D eigenvalue weighted by molar-refractivity contribution is 9.10. The van der Waals surface area contributed by atoms with E-state index in [9.17, 15) is 9.90 Å². The lowest BCUT2D eigenvalue weighted by Crippen LogP contribution is -2.06. The fraction of sp³-hybridized carbons (Fsp3) is 0.357. The molecule has 20 heavy (non-hydrogen) atoms. The zero-order valence-corrected chi connectivity index (χ0v) is 12.9. The fourth-order valence-corrected chi connectivity index (χ4v) is 3.23. The van der Waals surface area contributed by atoms with Crippen LogP contribution in [0.25, 0.3) is 10.9 Å². The molecule has 0 amide bonds. The van der Waals surface area contributed by atoms with E-state index in [1.165, 1.54) is 0 Å². The van der Waals surface area contributed by atoms with Gasteiger partial charge in [-0.05, 0) is 40.5 Å². The van der Waals surface area contributed by atoms with E-state index >= 15 is 0 Å². The average molecular weight is 342 g/mol. The van der Waals surface area contributed by atoms with Crippen molar-refractivity contribution in [2.45, 2.75) is 19.9 Å². The Morgan fingerprint density at radius 1 is 1.45 bits per heavy atom. The number of carboxylic acid groups (broad SMARTS) is 1. The molecular formula is C14H16BrNO4. The Kier molecular flexibility index (Phi) is 4.35. The number of aliphatic hydroxyl groups excluding tert-OH is 1. The number of aliphatic carboxylic acids is 1. The van der Waals surface area contributed by atoms with Crippen LogP contribution in [-0.2, 0) is 17.8 Å². The predicted octanol–water partition coefficient (Wildman–Crippen LogP) is 2.34. The molecule has 6 heteroatoms. The molecule has 0 fully saturated rings. The maximum absolute atomic E-state index is 11.1. The van der Waals surface area contributed by atoms with Crippen LogP contribution in [0.4, 0.5) is 0 Å². The number of aliphatic hydroxyl groups is 1. The largest absolute Gasteiger partial charge is 0.496 e. The van der Waals surface area contributed by atoms with Gasteiger partial charge in [-0.25, -0.2) is 0 Å². The molecule has 5 nitrogen and oxygen atoms in total. The van der Waals surface area contributed by atoms with Gasteiger partial charge >= 0.3 is 5.97 Å². The summed E-state index contributed by atoms with van der Waals surface area (Å²) in [7, 11) is 1.57. The van der Waals surface area contributed by atoms with E-state index in [4.69, 9.17) is 9.84 Å². The molecule has 1 aromatic carbocycles. The Morgan fingerprint density at radius 2 is 2.15 bits per heavy atom. The number of ether oxygens (including phenoxy) is 1. The smallest absolute Gasteiger partial charge is 0.307 e. The van der Waals surface area contributed by atoms with Crippen LogP contribution in [0.3, 0.4) is 0 Å². The third-order valence-electron chi connectivity index (χ3n) is 3.39. The molecule has 0 unspecified atom stereocenters. The zero-order chi connectivity index (χ0) is 14.9. The predicted molar refractivity (Wildman–Crippen MR) is 79.4 cm³/mol. The summed E-state index contributed by atoms with van der Waals surface area (Å²) in [5.74, 6) is -0.226. The van der Waals surface area contributed by atoms with Gasteiger partial charge in [-0.15, -0.1) is 0 Å². The zero-order valence-electron chi connectivity index (χ0n) is 11.3.